The molecule has 0 saturated heterocycles. The van der Waals surface area contributed by atoms with E-state index in [-0.39, 0.29) is 6.04 Å². The third-order valence-electron chi connectivity index (χ3n) is 3.62. The Kier molecular flexibility index (Phi) is 5.81. The lowest BCUT2D eigenvalue weighted by molar-refractivity contribution is 0.625. The number of anilines is 1. The summed E-state index contributed by atoms with van der Waals surface area (Å²) in [4.78, 5) is 0. The van der Waals surface area contributed by atoms with E-state index in [9.17, 15) is 0 Å². The molecule has 2 rings (SSSR count). The minimum absolute atomic E-state index is 0.202. The van der Waals surface area contributed by atoms with Crippen molar-refractivity contribution < 1.29 is 0 Å². The predicted octanol–water partition coefficient (Wildman–Crippen LogP) is 5.39. The SMILES string of the molecule is CCC(NC(=S)Nc1ccc(Cl)cc1)c1ccc(C)cc1C. The van der Waals surface area contributed by atoms with Crippen LogP contribution in [0.15, 0.2) is 42.5 Å². The predicted molar refractivity (Wildman–Crippen MR) is 99.8 cm³/mol. The Morgan fingerprint density at radius 1 is 1.14 bits per heavy atom. The van der Waals surface area contributed by atoms with Crippen LogP contribution in [0.5, 0.6) is 0 Å². The molecule has 22 heavy (non-hydrogen) atoms. The van der Waals surface area contributed by atoms with Gasteiger partial charge < -0.3 is 10.6 Å². The molecule has 2 nitrogen and oxygen atoms in total. The lowest BCUT2D eigenvalue weighted by Gasteiger charge is -2.22. The van der Waals surface area contributed by atoms with Gasteiger partial charge in [0.2, 0.25) is 0 Å². The van der Waals surface area contributed by atoms with E-state index in [4.69, 9.17) is 23.8 Å². The second-order valence-corrected chi connectivity index (χ2v) is 6.27. The fourth-order valence-electron chi connectivity index (χ4n) is 2.47. The lowest BCUT2D eigenvalue weighted by Crippen LogP contribution is -2.32. The third kappa shape index (κ3) is 4.46. The van der Waals surface area contributed by atoms with Gasteiger partial charge in [0.1, 0.15) is 0 Å². The summed E-state index contributed by atoms with van der Waals surface area (Å²) in [5, 5.41) is 7.92. The standard InChI is InChI=1S/C18H21ClN2S/c1-4-17(16-10-5-12(2)11-13(16)3)21-18(22)20-15-8-6-14(19)7-9-15/h5-11,17H,4H2,1-3H3,(H2,20,21,22). The number of nitrogens with one attached hydrogen (secondary N) is 2. The second kappa shape index (κ2) is 7.61. The first-order valence-corrected chi connectivity index (χ1v) is 8.18. The Balaban J connectivity index is 2.06. The monoisotopic (exact) mass is 332 g/mol. The molecule has 0 bridgehead atoms. The molecule has 0 spiro atoms. The molecule has 4 heteroatoms. The van der Waals surface area contributed by atoms with Crippen molar-refractivity contribution in [1.82, 2.24) is 5.32 Å². The van der Waals surface area contributed by atoms with Gasteiger partial charge in [-0.15, -0.1) is 0 Å². The summed E-state index contributed by atoms with van der Waals surface area (Å²) in [6.45, 7) is 6.40. The van der Waals surface area contributed by atoms with Crippen LogP contribution in [0.3, 0.4) is 0 Å². The van der Waals surface area contributed by atoms with Crippen LogP contribution in [0.4, 0.5) is 5.69 Å². The van der Waals surface area contributed by atoms with Gasteiger partial charge in [-0.3, -0.25) is 0 Å². The zero-order chi connectivity index (χ0) is 16.1. The van der Waals surface area contributed by atoms with Crippen LogP contribution in [0.2, 0.25) is 5.02 Å². The zero-order valence-corrected chi connectivity index (χ0v) is 14.7. The van der Waals surface area contributed by atoms with Crippen LogP contribution in [-0.2, 0) is 0 Å². The maximum absolute atomic E-state index is 5.89. The first-order valence-electron chi connectivity index (χ1n) is 7.40. The largest absolute Gasteiger partial charge is 0.356 e. The average Bonchev–Trinajstić information content (AvgIpc) is 2.48. The molecule has 0 radical (unpaired) electrons. The van der Waals surface area contributed by atoms with Gasteiger partial charge in [0.25, 0.3) is 0 Å². The Bertz CT molecular complexity index is 653. The van der Waals surface area contributed by atoms with E-state index < -0.39 is 0 Å². The van der Waals surface area contributed by atoms with Crippen LogP contribution in [0, 0.1) is 13.8 Å². The highest BCUT2D eigenvalue weighted by Gasteiger charge is 2.13. The summed E-state index contributed by atoms with van der Waals surface area (Å²) in [6, 6.07) is 14.2. The first-order chi connectivity index (χ1) is 10.5. The minimum atomic E-state index is 0.202. The third-order valence-corrected chi connectivity index (χ3v) is 4.09. The number of thiocarbonyl (C=S) groups is 1. The number of aryl methyl sites for hydroxylation is 2. The fraction of sp³-hybridized carbons (Fsp3) is 0.278. The molecule has 0 heterocycles. The number of hydrogen-bond donors (Lipinski definition) is 2. The molecule has 0 saturated carbocycles. The molecule has 0 aliphatic rings. The van der Waals surface area contributed by atoms with Crippen molar-refractivity contribution in [2.75, 3.05) is 5.32 Å². The van der Waals surface area contributed by atoms with Crippen molar-refractivity contribution in [3.8, 4) is 0 Å². The van der Waals surface area contributed by atoms with Crippen molar-refractivity contribution in [2.24, 2.45) is 0 Å². The summed E-state index contributed by atoms with van der Waals surface area (Å²) < 4.78 is 0. The van der Waals surface area contributed by atoms with Gasteiger partial charge in [-0.25, -0.2) is 0 Å². The van der Waals surface area contributed by atoms with Gasteiger partial charge in [0, 0.05) is 10.7 Å². The Morgan fingerprint density at radius 2 is 1.82 bits per heavy atom. The van der Waals surface area contributed by atoms with Crippen molar-refractivity contribution in [3.05, 3.63) is 64.2 Å². The molecule has 2 aromatic carbocycles. The molecule has 2 aromatic rings. The van der Waals surface area contributed by atoms with Crippen LogP contribution >= 0.6 is 23.8 Å². The highest BCUT2D eigenvalue weighted by molar-refractivity contribution is 7.80. The highest BCUT2D eigenvalue weighted by atomic mass is 35.5. The molecule has 1 unspecified atom stereocenters. The minimum Gasteiger partial charge on any atom is -0.356 e. The van der Waals surface area contributed by atoms with Crippen LogP contribution < -0.4 is 10.6 Å². The quantitative estimate of drug-likeness (QED) is 0.733. The summed E-state index contributed by atoms with van der Waals surface area (Å²) in [5.41, 5.74) is 4.78. The summed E-state index contributed by atoms with van der Waals surface area (Å²) in [6.07, 6.45) is 0.965. The van der Waals surface area contributed by atoms with Gasteiger partial charge in [0.05, 0.1) is 6.04 Å². The van der Waals surface area contributed by atoms with Gasteiger partial charge >= 0.3 is 0 Å². The van der Waals surface area contributed by atoms with Crippen LogP contribution in [0.1, 0.15) is 36.1 Å². The lowest BCUT2D eigenvalue weighted by atomic mass is 9.98. The Hall–Kier alpha value is -1.58. The molecule has 116 valence electrons. The number of rotatable bonds is 4. The maximum Gasteiger partial charge on any atom is 0.171 e. The van der Waals surface area contributed by atoms with E-state index in [0.29, 0.717) is 10.1 Å². The van der Waals surface area contributed by atoms with Crippen molar-refractivity contribution in [3.63, 3.8) is 0 Å². The van der Waals surface area contributed by atoms with Crippen molar-refractivity contribution in [1.29, 1.82) is 0 Å². The van der Waals surface area contributed by atoms with Gasteiger partial charge in [-0.1, -0.05) is 42.3 Å². The normalized spacial score (nSPS) is 11.8. The molecule has 2 N–H and O–H groups in total. The van der Waals surface area contributed by atoms with Gasteiger partial charge in [-0.2, -0.15) is 0 Å². The number of halogens is 1. The molecule has 0 aromatic heterocycles. The van der Waals surface area contributed by atoms with Crippen LogP contribution in [-0.4, -0.2) is 5.11 Å². The summed E-state index contributed by atoms with van der Waals surface area (Å²) >= 11 is 11.3. The molecule has 1 atom stereocenters. The van der Waals surface area contributed by atoms with E-state index in [2.05, 4.69) is 49.6 Å². The first kappa shape index (κ1) is 16.8. The Labute approximate surface area is 142 Å². The van der Waals surface area contributed by atoms with Crippen LogP contribution in [0.25, 0.3) is 0 Å². The summed E-state index contributed by atoms with van der Waals surface area (Å²) in [5.74, 6) is 0. The van der Waals surface area contributed by atoms with E-state index in [0.717, 1.165) is 12.1 Å². The number of benzene rings is 2. The molecule has 0 aliphatic heterocycles. The fourth-order valence-corrected chi connectivity index (χ4v) is 2.86. The smallest absolute Gasteiger partial charge is 0.171 e. The molecule has 0 fully saturated rings. The van der Waals surface area contributed by atoms with E-state index in [1.807, 2.05) is 24.3 Å². The summed E-state index contributed by atoms with van der Waals surface area (Å²) in [7, 11) is 0. The topological polar surface area (TPSA) is 24.1 Å². The molecular weight excluding hydrogens is 312 g/mol. The van der Waals surface area contributed by atoms with Crippen molar-refractivity contribution in [2.45, 2.75) is 33.2 Å². The highest BCUT2D eigenvalue weighted by Crippen LogP contribution is 2.22. The number of hydrogen-bond acceptors (Lipinski definition) is 1. The Morgan fingerprint density at radius 3 is 2.41 bits per heavy atom. The van der Waals surface area contributed by atoms with Gasteiger partial charge in [0.15, 0.2) is 5.11 Å². The van der Waals surface area contributed by atoms with Crippen molar-refractivity contribution >= 4 is 34.6 Å². The van der Waals surface area contributed by atoms with E-state index >= 15 is 0 Å². The van der Waals surface area contributed by atoms with E-state index in [1.165, 1.54) is 16.7 Å². The van der Waals surface area contributed by atoms with Gasteiger partial charge in [-0.05, 0) is 67.9 Å². The second-order valence-electron chi connectivity index (χ2n) is 5.43. The molecular formula is C18H21ClN2S. The average molecular weight is 333 g/mol. The zero-order valence-electron chi connectivity index (χ0n) is 13.1. The molecule has 0 aliphatic carbocycles. The maximum atomic E-state index is 5.89. The van der Waals surface area contributed by atoms with E-state index in [1.54, 1.807) is 0 Å². The molecule has 0 amide bonds.